The van der Waals surface area contributed by atoms with Crippen LogP contribution in [-0.2, 0) is 16.6 Å². The van der Waals surface area contributed by atoms with Gasteiger partial charge in [-0.1, -0.05) is 38.1 Å². The summed E-state index contributed by atoms with van der Waals surface area (Å²) >= 11 is 1.74. The lowest BCUT2D eigenvalue weighted by Crippen LogP contribution is -2.45. The predicted molar refractivity (Wildman–Crippen MR) is 131 cm³/mol. The van der Waals surface area contributed by atoms with E-state index in [9.17, 15) is 18.0 Å². The number of hydrogen-bond donors (Lipinski definition) is 1. The van der Waals surface area contributed by atoms with E-state index in [4.69, 9.17) is 0 Å². The molecule has 1 amide bonds. The number of carbonyl (C=O) groups excluding carboxylic acids is 1. The number of benzene rings is 1. The number of hydrogen-bond acceptors (Lipinski definition) is 4. The Morgan fingerprint density at radius 1 is 1.21 bits per heavy atom. The minimum absolute atomic E-state index is 0.0111. The molecule has 4 nitrogen and oxygen atoms in total. The van der Waals surface area contributed by atoms with Crippen LogP contribution in [0.3, 0.4) is 0 Å². The smallest absolute Gasteiger partial charge is 0.380 e. The standard InChI is InChI=1S/C26H32F3N3OS/c1-4-32(24(33)17-11-13-34-14-12-17)23(26(27,28)29)21-10-9-19(16-30-21)31-22-15-18-7-5-6-8-20(18)25(22,2)3/h5-10,16-17,22-23,31H,4,11-15H2,1-3H3. The minimum Gasteiger partial charge on any atom is -0.380 e. The highest BCUT2D eigenvalue weighted by Crippen LogP contribution is 2.41. The van der Waals surface area contributed by atoms with Gasteiger partial charge in [0.15, 0.2) is 6.04 Å². The number of nitrogens with zero attached hydrogens (tertiary/aromatic N) is 2. The first-order valence-electron chi connectivity index (χ1n) is 11.9. The molecule has 1 aliphatic heterocycles. The molecule has 0 saturated carbocycles. The van der Waals surface area contributed by atoms with E-state index in [0.717, 1.165) is 22.8 Å². The molecule has 1 saturated heterocycles. The van der Waals surface area contributed by atoms with Crippen LogP contribution in [0.2, 0.25) is 0 Å². The van der Waals surface area contributed by atoms with Crippen LogP contribution in [0, 0.1) is 5.92 Å². The monoisotopic (exact) mass is 491 g/mol. The quantitative estimate of drug-likeness (QED) is 0.539. The van der Waals surface area contributed by atoms with Crippen molar-refractivity contribution in [3.05, 3.63) is 59.4 Å². The molecule has 2 unspecified atom stereocenters. The van der Waals surface area contributed by atoms with Gasteiger partial charge in [-0.25, -0.2) is 0 Å². The van der Waals surface area contributed by atoms with E-state index in [-0.39, 0.29) is 29.6 Å². The van der Waals surface area contributed by atoms with Crippen LogP contribution in [0.15, 0.2) is 42.6 Å². The van der Waals surface area contributed by atoms with E-state index in [0.29, 0.717) is 18.5 Å². The molecule has 0 bridgehead atoms. The summed E-state index contributed by atoms with van der Waals surface area (Å²) in [5, 5.41) is 3.47. The highest BCUT2D eigenvalue weighted by molar-refractivity contribution is 7.99. The van der Waals surface area contributed by atoms with Gasteiger partial charge < -0.3 is 10.2 Å². The van der Waals surface area contributed by atoms with Gasteiger partial charge in [0, 0.05) is 23.9 Å². The number of rotatable bonds is 6. The molecule has 34 heavy (non-hydrogen) atoms. The highest BCUT2D eigenvalue weighted by Gasteiger charge is 2.48. The normalized spacial score (nSPS) is 21.1. The number of anilines is 1. The van der Waals surface area contributed by atoms with Gasteiger partial charge in [0.2, 0.25) is 5.91 Å². The van der Waals surface area contributed by atoms with E-state index >= 15 is 0 Å². The number of aromatic nitrogens is 1. The number of amides is 1. The van der Waals surface area contributed by atoms with Crippen LogP contribution in [0.4, 0.5) is 18.9 Å². The first-order valence-corrected chi connectivity index (χ1v) is 13.0. The Bertz CT molecular complexity index is 1000. The van der Waals surface area contributed by atoms with Crippen molar-refractivity contribution in [3.8, 4) is 0 Å². The number of fused-ring (bicyclic) bond motifs is 1. The number of nitrogens with one attached hydrogen (secondary N) is 1. The molecule has 1 aromatic heterocycles. The summed E-state index contributed by atoms with van der Waals surface area (Å²) < 4.78 is 42.6. The van der Waals surface area contributed by atoms with Crippen molar-refractivity contribution in [1.82, 2.24) is 9.88 Å². The lowest BCUT2D eigenvalue weighted by Gasteiger charge is -2.35. The van der Waals surface area contributed by atoms with E-state index in [1.165, 1.54) is 23.4 Å². The van der Waals surface area contributed by atoms with Crippen LogP contribution in [-0.4, -0.2) is 46.1 Å². The lowest BCUT2D eigenvalue weighted by molar-refractivity contribution is -0.194. The maximum Gasteiger partial charge on any atom is 0.414 e. The van der Waals surface area contributed by atoms with Gasteiger partial charge in [0.25, 0.3) is 0 Å². The molecule has 4 rings (SSSR count). The molecule has 0 spiro atoms. The molecule has 1 fully saturated rings. The molecule has 1 aromatic carbocycles. The van der Waals surface area contributed by atoms with Crippen LogP contribution in [0.1, 0.15) is 56.5 Å². The second-order valence-electron chi connectivity index (χ2n) is 9.71. The zero-order valence-corrected chi connectivity index (χ0v) is 20.7. The number of thioether (sulfide) groups is 1. The van der Waals surface area contributed by atoms with Crippen LogP contribution in [0.25, 0.3) is 0 Å². The second kappa shape index (κ2) is 9.80. The van der Waals surface area contributed by atoms with E-state index in [1.807, 2.05) is 12.1 Å². The first kappa shape index (κ1) is 24.9. The van der Waals surface area contributed by atoms with E-state index in [2.05, 4.69) is 36.3 Å². The number of halogens is 3. The van der Waals surface area contributed by atoms with Crippen molar-refractivity contribution in [2.75, 3.05) is 23.4 Å². The summed E-state index contributed by atoms with van der Waals surface area (Å²) in [6.07, 6.45) is -1.05. The molecule has 2 aromatic rings. The van der Waals surface area contributed by atoms with Crippen molar-refractivity contribution in [3.63, 3.8) is 0 Å². The Morgan fingerprint density at radius 2 is 1.91 bits per heavy atom. The van der Waals surface area contributed by atoms with Crippen molar-refractivity contribution in [1.29, 1.82) is 0 Å². The summed E-state index contributed by atoms with van der Waals surface area (Å²) in [5.74, 6) is 0.854. The fraction of sp³-hybridized carbons (Fsp3) is 0.538. The summed E-state index contributed by atoms with van der Waals surface area (Å²) in [6.45, 7) is 5.94. The summed E-state index contributed by atoms with van der Waals surface area (Å²) in [7, 11) is 0. The average Bonchev–Trinajstić information content (AvgIpc) is 3.07. The zero-order valence-electron chi connectivity index (χ0n) is 19.9. The van der Waals surface area contributed by atoms with Gasteiger partial charge in [-0.2, -0.15) is 24.9 Å². The average molecular weight is 492 g/mol. The molecular formula is C26H32F3N3OS. The maximum absolute atomic E-state index is 14.2. The molecule has 2 heterocycles. The molecule has 8 heteroatoms. The largest absolute Gasteiger partial charge is 0.414 e. The fourth-order valence-corrected chi connectivity index (χ4v) is 6.33. The third-order valence-corrected chi connectivity index (χ3v) is 8.28. The predicted octanol–water partition coefficient (Wildman–Crippen LogP) is 5.99. The Kier molecular flexibility index (Phi) is 7.17. The molecule has 2 atom stereocenters. The summed E-state index contributed by atoms with van der Waals surface area (Å²) in [4.78, 5) is 18.2. The van der Waals surface area contributed by atoms with Crippen molar-refractivity contribution >= 4 is 23.4 Å². The maximum atomic E-state index is 14.2. The number of alkyl halides is 3. The Morgan fingerprint density at radius 3 is 2.50 bits per heavy atom. The molecular weight excluding hydrogens is 459 g/mol. The number of pyridine rings is 1. The molecule has 1 aliphatic carbocycles. The lowest BCUT2D eigenvalue weighted by atomic mass is 9.83. The Labute approximate surface area is 203 Å². The van der Waals surface area contributed by atoms with Crippen LogP contribution >= 0.6 is 11.8 Å². The van der Waals surface area contributed by atoms with Crippen LogP contribution < -0.4 is 5.32 Å². The van der Waals surface area contributed by atoms with Gasteiger partial charge in [-0.3, -0.25) is 9.78 Å². The van der Waals surface area contributed by atoms with E-state index in [1.54, 1.807) is 24.8 Å². The third kappa shape index (κ3) is 4.92. The zero-order chi connectivity index (χ0) is 24.5. The van der Waals surface area contributed by atoms with Gasteiger partial charge in [-0.15, -0.1) is 0 Å². The number of carbonyl (C=O) groups is 1. The van der Waals surface area contributed by atoms with Gasteiger partial charge in [-0.05, 0) is 61.0 Å². The second-order valence-corrected chi connectivity index (χ2v) is 10.9. The fourth-order valence-electron chi connectivity index (χ4n) is 5.22. The van der Waals surface area contributed by atoms with Gasteiger partial charge in [0.05, 0.1) is 17.6 Å². The summed E-state index contributed by atoms with van der Waals surface area (Å²) in [5.41, 5.74) is 2.98. The first-order chi connectivity index (χ1) is 16.1. The molecule has 2 aliphatic rings. The topological polar surface area (TPSA) is 45.2 Å². The Hall–Kier alpha value is -2.22. The van der Waals surface area contributed by atoms with Crippen LogP contribution in [0.5, 0.6) is 0 Å². The van der Waals surface area contributed by atoms with Gasteiger partial charge in [0.1, 0.15) is 0 Å². The Balaban J connectivity index is 1.54. The highest BCUT2D eigenvalue weighted by atomic mass is 32.2. The van der Waals surface area contributed by atoms with Crippen molar-refractivity contribution < 1.29 is 18.0 Å². The molecule has 184 valence electrons. The van der Waals surface area contributed by atoms with E-state index < -0.39 is 18.1 Å². The minimum atomic E-state index is -4.61. The SMILES string of the molecule is CCN(C(=O)C1CCSCC1)C(c1ccc(NC2Cc3ccccc3C2(C)C)cn1)C(F)(F)F. The molecule has 0 radical (unpaired) electrons. The van der Waals surface area contributed by atoms with Crippen molar-refractivity contribution in [2.24, 2.45) is 5.92 Å². The van der Waals surface area contributed by atoms with Crippen molar-refractivity contribution in [2.45, 2.75) is 63.7 Å². The van der Waals surface area contributed by atoms with Gasteiger partial charge >= 0.3 is 6.18 Å². The molecule has 1 N–H and O–H groups in total. The summed E-state index contributed by atoms with van der Waals surface area (Å²) in [6, 6.07) is 9.43. The third-order valence-electron chi connectivity index (χ3n) is 7.23.